The Bertz CT molecular complexity index is 492. The van der Waals surface area contributed by atoms with Crippen molar-refractivity contribution in [2.45, 2.75) is 26.2 Å². The summed E-state index contributed by atoms with van der Waals surface area (Å²) in [6.45, 7) is 3.98. The number of halogens is 1. The van der Waals surface area contributed by atoms with E-state index in [-0.39, 0.29) is 11.6 Å². The first-order valence-electron chi connectivity index (χ1n) is 6.96. The van der Waals surface area contributed by atoms with E-state index in [1.807, 2.05) is 0 Å². The Morgan fingerprint density at radius 1 is 1.20 bits per heavy atom. The SMILES string of the molecule is CCCNCCCS(=O)(=O)NCCc1cccc(F)c1. The Morgan fingerprint density at radius 3 is 2.70 bits per heavy atom. The second-order valence-electron chi connectivity index (χ2n) is 4.70. The number of sulfonamides is 1. The lowest BCUT2D eigenvalue weighted by Crippen LogP contribution is -2.30. The van der Waals surface area contributed by atoms with Gasteiger partial charge in [0, 0.05) is 6.54 Å². The normalized spacial score (nSPS) is 11.7. The number of nitrogens with one attached hydrogen (secondary N) is 2. The second kappa shape index (κ2) is 9.05. The van der Waals surface area contributed by atoms with Crippen molar-refractivity contribution < 1.29 is 12.8 Å². The van der Waals surface area contributed by atoms with Crippen LogP contribution < -0.4 is 10.0 Å². The molecule has 1 aromatic carbocycles. The van der Waals surface area contributed by atoms with E-state index in [2.05, 4.69) is 17.0 Å². The van der Waals surface area contributed by atoms with Crippen LogP contribution in [0.15, 0.2) is 24.3 Å². The first-order valence-corrected chi connectivity index (χ1v) is 8.61. The molecule has 0 radical (unpaired) electrons. The van der Waals surface area contributed by atoms with Crippen LogP contribution in [0.1, 0.15) is 25.3 Å². The standard InChI is InChI=1S/C14H23FN2O2S/c1-2-8-16-9-4-11-20(18,19)17-10-7-13-5-3-6-14(15)12-13/h3,5-6,12,16-17H,2,4,7-11H2,1H3. The summed E-state index contributed by atoms with van der Waals surface area (Å²) in [5, 5.41) is 3.16. The van der Waals surface area contributed by atoms with E-state index >= 15 is 0 Å². The third-order valence-electron chi connectivity index (χ3n) is 2.82. The van der Waals surface area contributed by atoms with Crippen molar-refractivity contribution in [1.29, 1.82) is 0 Å². The van der Waals surface area contributed by atoms with Crippen LogP contribution in [-0.4, -0.2) is 33.8 Å². The van der Waals surface area contributed by atoms with Gasteiger partial charge in [-0.05, 0) is 50.0 Å². The fraction of sp³-hybridized carbons (Fsp3) is 0.571. The Hall–Kier alpha value is -0.980. The first-order chi connectivity index (χ1) is 9.53. The van der Waals surface area contributed by atoms with Crippen molar-refractivity contribution in [3.05, 3.63) is 35.6 Å². The van der Waals surface area contributed by atoms with Crippen molar-refractivity contribution in [2.75, 3.05) is 25.4 Å². The highest BCUT2D eigenvalue weighted by atomic mass is 32.2. The molecule has 0 spiro atoms. The monoisotopic (exact) mass is 302 g/mol. The van der Waals surface area contributed by atoms with Crippen LogP contribution in [0, 0.1) is 5.82 Å². The highest BCUT2D eigenvalue weighted by Gasteiger charge is 2.08. The predicted octanol–water partition coefficient (Wildman–Crippen LogP) is 1.68. The second-order valence-corrected chi connectivity index (χ2v) is 6.62. The Balaban J connectivity index is 2.22. The molecule has 0 saturated carbocycles. The van der Waals surface area contributed by atoms with Crippen LogP contribution in [0.3, 0.4) is 0 Å². The van der Waals surface area contributed by atoms with Crippen LogP contribution in [0.5, 0.6) is 0 Å². The summed E-state index contributed by atoms with van der Waals surface area (Å²) in [6, 6.07) is 6.20. The Kier molecular flexibility index (Phi) is 7.72. The average molecular weight is 302 g/mol. The van der Waals surface area contributed by atoms with Crippen LogP contribution >= 0.6 is 0 Å². The third kappa shape index (κ3) is 7.57. The van der Waals surface area contributed by atoms with E-state index in [9.17, 15) is 12.8 Å². The van der Waals surface area contributed by atoms with Crippen molar-refractivity contribution >= 4 is 10.0 Å². The molecule has 0 amide bonds. The van der Waals surface area contributed by atoms with Gasteiger partial charge in [0.15, 0.2) is 0 Å². The zero-order valence-electron chi connectivity index (χ0n) is 11.9. The molecular formula is C14H23FN2O2S. The van der Waals surface area contributed by atoms with Gasteiger partial charge in [-0.15, -0.1) is 0 Å². The van der Waals surface area contributed by atoms with Gasteiger partial charge in [0.05, 0.1) is 5.75 Å². The Labute approximate surface area is 120 Å². The van der Waals surface area contributed by atoms with E-state index < -0.39 is 10.0 Å². The number of hydrogen-bond donors (Lipinski definition) is 2. The van der Waals surface area contributed by atoms with Gasteiger partial charge < -0.3 is 5.32 Å². The van der Waals surface area contributed by atoms with Crippen LogP contribution in [-0.2, 0) is 16.4 Å². The molecule has 0 aliphatic rings. The molecule has 0 aliphatic carbocycles. The van der Waals surface area contributed by atoms with E-state index in [0.29, 0.717) is 25.9 Å². The van der Waals surface area contributed by atoms with Crippen molar-refractivity contribution in [1.82, 2.24) is 10.0 Å². The molecule has 0 heterocycles. The van der Waals surface area contributed by atoms with Crippen molar-refractivity contribution in [2.24, 2.45) is 0 Å². The van der Waals surface area contributed by atoms with E-state index in [0.717, 1.165) is 18.5 Å². The number of benzene rings is 1. The molecule has 0 aliphatic heterocycles. The minimum atomic E-state index is -3.23. The van der Waals surface area contributed by atoms with E-state index in [1.54, 1.807) is 12.1 Å². The molecule has 6 heteroatoms. The smallest absolute Gasteiger partial charge is 0.211 e. The quantitative estimate of drug-likeness (QED) is 0.647. The summed E-state index contributed by atoms with van der Waals surface area (Å²) in [4.78, 5) is 0. The molecule has 0 fully saturated rings. The molecule has 20 heavy (non-hydrogen) atoms. The molecule has 2 N–H and O–H groups in total. The fourth-order valence-electron chi connectivity index (χ4n) is 1.80. The van der Waals surface area contributed by atoms with Gasteiger partial charge in [0.1, 0.15) is 5.82 Å². The largest absolute Gasteiger partial charge is 0.317 e. The predicted molar refractivity (Wildman–Crippen MR) is 79.7 cm³/mol. The van der Waals surface area contributed by atoms with Crippen LogP contribution in [0.2, 0.25) is 0 Å². The molecule has 0 bridgehead atoms. The maximum atomic E-state index is 13.0. The summed E-state index contributed by atoms with van der Waals surface area (Å²) >= 11 is 0. The van der Waals surface area contributed by atoms with Gasteiger partial charge in [-0.25, -0.2) is 17.5 Å². The molecule has 0 unspecified atom stereocenters. The minimum Gasteiger partial charge on any atom is -0.317 e. The van der Waals surface area contributed by atoms with Gasteiger partial charge in [-0.1, -0.05) is 19.1 Å². The van der Waals surface area contributed by atoms with E-state index in [4.69, 9.17) is 0 Å². The number of hydrogen-bond acceptors (Lipinski definition) is 3. The average Bonchev–Trinajstić information content (AvgIpc) is 2.38. The van der Waals surface area contributed by atoms with Gasteiger partial charge in [-0.3, -0.25) is 0 Å². The lowest BCUT2D eigenvalue weighted by atomic mass is 10.1. The van der Waals surface area contributed by atoms with Crippen LogP contribution in [0.25, 0.3) is 0 Å². The van der Waals surface area contributed by atoms with Crippen LogP contribution in [0.4, 0.5) is 4.39 Å². The minimum absolute atomic E-state index is 0.118. The van der Waals surface area contributed by atoms with Gasteiger partial charge in [0.2, 0.25) is 10.0 Å². The van der Waals surface area contributed by atoms with Gasteiger partial charge in [0.25, 0.3) is 0 Å². The maximum Gasteiger partial charge on any atom is 0.211 e. The van der Waals surface area contributed by atoms with E-state index in [1.165, 1.54) is 12.1 Å². The molecule has 0 aromatic heterocycles. The summed E-state index contributed by atoms with van der Waals surface area (Å²) < 4.78 is 38.9. The summed E-state index contributed by atoms with van der Waals surface area (Å²) in [7, 11) is -3.23. The summed E-state index contributed by atoms with van der Waals surface area (Å²) in [6.07, 6.45) is 2.12. The highest BCUT2D eigenvalue weighted by Crippen LogP contribution is 2.03. The van der Waals surface area contributed by atoms with Crippen molar-refractivity contribution in [3.8, 4) is 0 Å². The highest BCUT2D eigenvalue weighted by molar-refractivity contribution is 7.89. The lowest BCUT2D eigenvalue weighted by molar-refractivity contribution is 0.574. The zero-order chi connectivity index (χ0) is 14.8. The first kappa shape index (κ1) is 17.1. The number of rotatable bonds is 10. The Morgan fingerprint density at radius 2 is 2.00 bits per heavy atom. The lowest BCUT2D eigenvalue weighted by Gasteiger charge is -2.07. The maximum absolute atomic E-state index is 13.0. The molecule has 114 valence electrons. The third-order valence-corrected chi connectivity index (χ3v) is 4.29. The summed E-state index contributed by atoms with van der Waals surface area (Å²) in [5.41, 5.74) is 0.789. The van der Waals surface area contributed by atoms with Gasteiger partial charge in [-0.2, -0.15) is 0 Å². The molecule has 0 atom stereocenters. The molecule has 4 nitrogen and oxygen atoms in total. The fourth-order valence-corrected chi connectivity index (χ4v) is 2.89. The molecular weight excluding hydrogens is 279 g/mol. The molecule has 1 aromatic rings. The zero-order valence-corrected chi connectivity index (χ0v) is 12.7. The van der Waals surface area contributed by atoms with Gasteiger partial charge >= 0.3 is 0 Å². The molecule has 0 saturated heterocycles. The topological polar surface area (TPSA) is 58.2 Å². The van der Waals surface area contributed by atoms with Crippen molar-refractivity contribution in [3.63, 3.8) is 0 Å². The summed E-state index contributed by atoms with van der Waals surface area (Å²) in [5.74, 6) is -0.181. The molecule has 1 rings (SSSR count).